The van der Waals surface area contributed by atoms with Gasteiger partial charge >= 0.3 is 0 Å². The van der Waals surface area contributed by atoms with E-state index in [1.54, 1.807) is 18.7 Å². The van der Waals surface area contributed by atoms with Gasteiger partial charge in [0.1, 0.15) is 18.3 Å². The largest absolute Gasteiger partial charge is 0.464 e. The van der Waals surface area contributed by atoms with Crippen LogP contribution in [-0.2, 0) is 6.42 Å². The standard InChI is InChI=1S/C15H12N2O3/c1-2-6-14(13(5-1)15-16-8-11-19-15)18-9-3-4-12-7-10-20-17-12/h1-3,5-11H,4H2. The van der Waals surface area contributed by atoms with Crippen LogP contribution in [0.4, 0.5) is 0 Å². The molecule has 0 saturated heterocycles. The highest BCUT2D eigenvalue weighted by Crippen LogP contribution is 2.28. The Morgan fingerprint density at radius 2 is 2.10 bits per heavy atom. The van der Waals surface area contributed by atoms with Crippen LogP contribution in [0, 0.1) is 0 Å². The lowest BCUT2D eigenvalue weighted by Gasteiger charge is -2.04. The monoisotopic (exact) mass is 268 g/mol. The van der Waals surface area contributed by atoms with Gasteiger partial charge in [0, 0.05) is 12.5 Å². The number of para-hydroxylation sites is 1. The molecule has 0 aliphatic heterocycles. The van der Waals surface area contributed by atoms with E-state index < -0.39 is 0 Å². The minimum Gasteiger partial charge on any atom is -0.464 e. The second kappa shape index (κ2) is 5.88. The summed E-state index contributed by atoms with van der Waals surface area (Å²) in [5.41, 5.74) is 1.66. The van der Waals surface area contributed by atoms with E-state index in [1.807, 2.05) is 36.4 Å². The van der Waals surface area contributed by atoms with Gasteiger partial charge in [0.05, 0.1) is 23.7 Å². The normalized spacial score (nSPS) is 11.0. The molecule has 5 heteroatoms. The first-order valence-corrected chi connectivity index (χ1v) is 6.13. The number of ether oxygens (including phenoxy) is 1. The highest BCUT2D eigenvalue weighted by atomic mass is 16.5. The maximum absolute atomic E-state index is 5.62. The average molecular weight is 268 g/mol. The van der Waals surface area contributed by atoms with E-state index in [0.717, 1.165) is 11.3 Å². The van der Waals surface area contributed by atoms with Crippen molar-refractivity contribution in [3.8, 4) is 17.2 Å². The number of hydrogen-bond acceptors (Lipinski definition) is 5. The van der Waals surface area contributed by atoms with Gasteiger partial charge in [0.15, 0.2) is 0 Å². The summed E-state index contributed by atoms with van der Waals surface area (Å²) in [5.74, 6) is 1.22. The Hall–Kier alpha value is -2.82. The third-order valence-electron chi connectivity index (χ3n) is 2.66. The summed E-state index contributed by atoms with van der Waals surface area (Å²) >= 11 is 0. The molecule has 0 saturated carbocycles. The number of nitrogens with zero attached hydrogens (tertiary/aromatic N) is 2. The zero-order valence-electron chi connectivity index (χ0n) is 10.6. The predicted molar refractivity (Wildman–Crippen MR) is 71.9 cm³/mol. The minimum absolute atomic E-state index is 0.533. The Balaban J connectivity index is 1.70. The summed E-state index contributed by atoms with van der Waals surface area (Å²) in [6, 6.07) is 9.37. The lowest BCUT2D eigenvalue weighted by Crippen LogP contribution is -1.88. The molecule has 0 unspecified atom stereocenters. The van der Waals surface area contributed by atoms with Crippen LogP contribution in [0.3, 0.4) is 0 Å². The third-order valence-corrected chi connectivity index (χ3v) is 2.66. The van der Waals surface area contributed by atoms with E-state index in [4.69, 9.17) is 13.7 Å². The van der Waals surface area contributed by atoms with Gasteiger partial charge in [-0.3, -0.25) is 0 Å². The number of rotatable bonds is 5. The number of aromatic nitrogens is 2. The highest BCUT2D eigenvalue weighted by Gasteiger charge is 2.08. The van der Waals surface area contributed by atoms with Crippen LogP contribution in [0.15, 0.2) is 70.3 Å². The maximum Gasteiger partial charge on any atom is 0.229 e. The van der Waals surface area contributed by atoms with Gasteiger partial charge in [0.2, 0.25) is 5.89 Å². The molecule has 0 radical (unpaired) electrons. The van der Waals surface area contributed by atoms with Gasteiger partial charge in [-0.15, -0.1) is 0 Å². The molecule has 100 valence electrons. The molecule has 0 amide bonds. The van der Waals surface area contributed by atoms with E-state index in [1.165, 1.54) is 6.26 Å². The Bertz CT molecular complexity index is 673. The van der Waals surface area contributed by atoms with Crippen molar-refractivity contribution in [1.29, 1.82) is 0 Å². The molecule has 3 aromatic rings. The second-order valence-corrected chi connectivity index (χ2v) is 4.02. The zero-order valence-corrected chi connectivity index (χ0v) is 10.6. The topological polar surface area (TPSA) is 61.3 Å². The number of allylic oxidation sites excluding steroid dienone is 1. The van der Waals surface area contributed by atoms with Gasteiger partial charge in [-0.2, -0.15) is 0 Å². The van der Waals surface area contributed by atoms with Gasteiger partial charge in [-0.1, -0.05) is 17.3 Å². The summed E-state index contributed by atoms with van der Waals surface area (Å²) in [6.07, 6.45) is 8.82. The van der Waals surface area contributed by atoms with Crippen molar-refractivity contribution in [3.05, 3.63) is 67.1 Å². The maximum atomic E-state index is 5.62. The first kappa shape index (κ1) is 12.2. The summed E-state index contributed by atoms with van der Waals surface area (Å²) in [7, 11) is 0. The molecule has 3 rings (SSSR count). The molecule has 2 aromatic heterocycles. The van der Waals surface area contributed by atoms with Gasteiger partial charge < -0.3 is 13.7 Å². The summed E-state index contributed by atoms with van der Waals surface area (Å²) in [4.78, 5) is 4.12. The summed E-state index contributed by atoms with van der Waals surface area (Å²) < 4.78 is 15.7. The van der Waals surface area contributed by atoms with E-state index in [-0.39, 0.29) is 0 Å². The zero-order chi connectivity index (χ0) is 13.6. The Kier molecular flexibility index (Phi) is 3.59. The number of benzene rings is 1. The molecular weight excluding hydrogens is 256 g/mol. The third kappa shape index (κ3) is 2.77. The van der Waals surface area contributed by atoms with Crippen molar-refractivity contribution in [3.63, 3.8) is 0 Å². The van der Waals surface area contributed by atoms with Crippen LogP contribution in [0.1, 0.15) is 5.69 Å². The van der Waals surface area contributed by atoms with Crippen LogP contribution in [-0.4, -0.2) is 10.1 Å². The van der Waals surface area contributed by atoms with Crippen LogP contribution in [0.25, 0.3) is 11.5 Å². The van der Waals surface area contributed by atoms with Crippen molar-refractivity contribution < 1.29 is 13.7 Å². The molecular formula is C15H12N2O3. The molecule has 0 atom stereocenters. The van der Waals surface area contributed by atoms with Crippen LogP contribution in [0.5, 0.6) is 5.75 Å². The molecule has 2 heterocycles. The van der Waals surface area contributed by atoms with Crippen LogP contribution in [0.2, 0.25) is 0 Å². The Morgan fingerprint density at radius 3 is 2.90 bits per heavy atom. The van der Waals surface area contributed by atoms with Crippen molar-refractivity contribution in [2.75, 3.05) is 0 Å². The molecule has 0 spiro atoms. The second-order valence-electron chi connectivity index (χ2n) is 4.02. The Morgan fingerprint density at radius 1 is 1.15 bits per heavy atom. The SMILES string of the molecule is C(=COc1ccccc1-c1ncco1)Cc1ccon1. The average Bonchev–Trinajstić information content (AvgIpc) is 3.17. The number of hydrogen-bond donors (Lipinski definition) is 0. The lowest BCUT2D eigenvalue weighted by molar-refractivity contribution is 0.413. The molecule has 5 nitrogen and oxygen atoms in total. The Labute approximate surface area is 115 Å². The molecule has 1 aromatic carbocycles. The van der Waals surface area contributed by atoms with Crippen molar-refractivity contribution in [2.45, 2.75) is 6.42 Å². The molecule has 0 bridgehead atoms. The molecule has 0 fully saturated rings. The van der Waals surface area contributed by atoms with Crippen molar-refractivity contribution in [2.24, 2.45) is 0 Å². The summed E-state index contributed by atoms with van der Waals surface area (Å²) in [5, 5.41) is 3.81. The fourth-order valence-electron chi connectivity index (χ4n) is 1.74. The molecule has 20 heavy (non-hydrogen) atoms. The fourth-order valence-corrected chi connectivity index (χ4v) is 1.74. The van der Waals surface area contributed by atoms with E-state index in [9.17, 15) is 0 Å². The van der Waals surface area contributed by atoms with E-state index in [2.05, 4.69) is 10.1 Å². The first-order valence-electron chi connectivity index (χ1n) is 6.13. The quantitative estimate of drug-likeness (QED) is 0.663. The van der Waals surface area contributed by atoms with Crippen LogP contribution < -0.4 is 4.74 Å². The van der Waals surface area contributed by atoms with E-state index >= 15 is 0 Å². The van der Waals surface area contributed by atoms with Crippen molar-refractivity contribution >= 4 is 0 Å². The number of oxazole rings is 1. The van der Waals surface area contributed by atoms with Gasteiger partial charge in [0.25, 0.3) is 0 Å². The lowest BCUT2D eigenvalue weighted by atomic mass is 10.2. The molecule has 0 aliphatic rings. The first-order chi connectivity index (χ1) is 9.93. The summed E-state index contributed by atoms with van der Waals surface area (Å²) in [6.45, 7) is 0. The van der Waals surface area contributed by atoms with Crippen LogP contribution >= 0.6 is 0 Å². The fraction of sp³-hybridized carbons (Fsp3) is 0.0667. The smallest absolute Gasteiger partial charge is 0.229 e. The van der Waals surface area contributed by atoms with E-state index in [0.29, 0.717) is 18.1 Å². The molecule has 0 N–H and O–H groups in total. The van der Waals surface area contributed by atoms with Gasteiger partial charge in [-0.25, -0.2) is 4.98 Å². The minimum atomic E-state index is 0.533. The van der Waals surface area contributed by atoms with Gasteiger partial charge in [-0.05, 0) is 18.2 Å². The van der Waals surface area contributed by atoms with Crippen molar-refractivity contribution in [1.82, 2.24) is 10.1 Å². The predicted octanol–water partition coefficient (Wildman–Crippen LogP) is 3.46. The molecule has 0 aliphatic carbocycles. The highest BCUT2D eigenvalue weighted by molar-refractivity contribution is 5.62.